The lowest BCUT2D eigenvalue weighted by Crippen LogP contribution is -2.92. The van der Waals surface area contributed by atoms with E-state index in [4.69, 9.17) is 4.74 Å². The molecule has 0 radical (unpaired) electrons. The molecule has 1 aliphatic heterocycles. The van der Waals surface area contributed by atoms with Gasteiger partial charge in [-0.25, -0.2) is 0 Å². The predicted octanol–water partition coefficient (Wildman–Crippen LogP) is -0.251. The van der Waals surface area contributed by atoms with Gasteiger partial charge in [0.2, 0.25) is 0 Å². The Hall–Kier alpha value is -0.0800. The molecule has 1 fully saturated rings. The smallest absolute Gasteiger partial charge is 0.110 e. The Morgan fingerprint density at radius 2 is 2.44 bits per heavy atom. The van der Waals surface area contributed by atoms with Crippen LogP contribution in [-0.4, -0.2) is 26.3 Å². The van der Waals surface area contributed by atoms with E-state index in [9.17, 15) is 0 Å². The highest BCUT2D eigenvalue weighted by Crippen LogP contribution is 2.00. The fraction of sp³-hybridized carbons (Fsp3) is 1.00. The quantitative estimate of drug-likeness (QED) is 0.548. The summed E-state index contributed by atoms with van der Waals surface area (Å²) >= 11 is 0. The summed E-state index contributed by atoms with van der Waals surface area (Å²) < 4.78 is 5.05. The highest BCUT2D eigenvalue weighted by atomic mass is 16.5. The summed E-state index contributed by atoms with van der Waals surface area (Å²) in [5, 5.41) is 2.40. The monoisotopic (exact) mass is 130 g/mol. The third kappa shape index (κ3) is 2.33. The van der Waals surface area contributed by atoms with Gasteiger partial charge in [-0.3, -0.25) is 0 Å². The van der Waals surface area contributed by atoms with Crippen LogP contribution in [0.4, 0.5) is 0 Å². The molecule has 1 heterocycles. The van der Waals surface area contributed by atoms with Gasteiger partial charge in [0.25, 0.3) is 0 Å². The molecule has 0 aromatic heterocycles. The lowest BCUT2D eigenvalue weighted by molar-refractivity contribution is -0.698. The van der Waals surface area contributed by atoms with Crippen LogP contribution in [0, 0.1) is 0 Å². The molecule has 9 heavy (non-hydrogen) atoms. The summed E-state index contributed by atoms with van der Waals surface area (Å²) in [6.07, 6.45) is 4.12. The third-order valence-electron chi connectivity index (χ3n) is 1.91. The van der Waals surface area contributed by atoms with E-state index in [1.54, 1.807) is 7.11 Å². The number of hydrogen-bond acceptors (Lipinski definition) is 1. The van der Waals surface area contributed by atoms with Crippen LogP contribution in [0.3, 0.4) is 0 Å². The highest BCUT2D eigenvalue weighted by Gasteiger charge is 2.14. The number of nitrogens with two attached hydrogens (primary N) is 1. The Labute approximate surface area is 56.6 Å². The average molecular weight is 130 g/mol. The molecule has 0 bridgehead atoms. The Bertz CT molecular complexity index is 66.6. The van der Waals surface area contributed by atoms with Crippen LogP contribution in [-0.2, 0) is 4.74 Å². The summed E-state index contributed by atoms with van der Waals surface area (Å²) in [4.78, 5) is 0. The molecule has 2 N–H and O–H groups in total. The van der Waals surface area contributed by atoms with Crippen molar-refractivity contribution < 1.29 is 10.1 Å². The maximum atomic E-state index is 5.05. The fourth-order valence-electron chi connectivity index (χ4n) is 1.39. The molecule has 0 amide bonds. The van der Waals surface area contributed by atoms with Gasteiger partial charge in [0.05, 0.1) is 13.2 Å². The van der Waals surface area contributed by atoms with Gasteiger partial charge in [-0.1, -0.05) is 0 Å². The van der Waals surface area contributed by atoms with Crippen LogP contribution in [0.15, 0.2) is 0 Å². The fourth-order valence-corrected chi connectivity index (χ4v) is 1.39. The van der Waals surface area contributed by atoms with E-state index in [0.29, 0.717) is 0 Å². The highest BCUT2D eigenvalue weighted by molar-refractivity contribution is 4.56. The molecule has 2 nitrogen and oxygen atoms in total. The van der Waals surface area contributed by atoms with Gasteiger partial charge in [-0.05, 0) is 12.8 Å². The van der Waals surface area contributed by atoms with Crippen molar-refractivity contribution in [3.05, 3.63) is 0 Å². The van der Waals surface area contributed by atoms with Gasteiger partial charge in [0.15, 0.2) is 0 Å². The second-order valence-electron chi connectivity index (χ2n) is 2.74. The van der Waals surface area contributed by atoms with Crippen molar-refractivity contribution in [3.8, 4) is 0 Å². The normalized spacial score (nSPS) is 28.3. The van der Waals surface area contributed by atoms with Gasteiger partial charge >= 0.3 is 0 Å². The molecule has 1 atom stereocenters. The van der Waals surface area contributed by atoms with Crippen LogP contribution < -0.4 is 5.32 Å². The van der Waals surface area contributed by atoms with Crippen molar-refractivity contribution in [1.82, 2.24) is 0 Å². The van der Waals surface area contributed by atoms with Crippen LogP contribution in [0.5, 0.6) is 0 Å². The minimum atomic E-state index is 0.753. The van der Waals surface area contributed by atoms with Crippen molar-refractivity contribution in [3.63, 3.8) is 0 Å². The van der Waals surface area contributed by atoms with Crippen molar-refractivity contribution in [2.75, 3.05) is 20.3 Å². The van der Waals surface area contributed by atoms with E-state index in [0.717, 1.165) is 12.6 Å². The number of rotatable bonds is 2. The molecule has 0 aliphatic carbocycles. The Morgan fingerprint density at radius 1 is 1.56 bits per heavy atom. The van der Waals surface area contributed by atoms with Crippen LogP contribution >= 0.6 is 0 Å². The van der Waals surface area contributed by atoms with E-state index >= 15 is 0 Å². The summed E-state index contributed by atoms with van der Waals surface area (Å²) in [6, 6.07) is 0.753. The second kappa shape index (κ2) is 3.85. The first-order valence-corrected chi connectivity index (χ1v) is 3.76. The summed E-state index contributed by atoms with van der Waals surface area (Å²) in [5.74, 6) is 0. The maximum absolute atomic E-state index is 5.05. The summed E-state index contributed by atoms with van der Waals surface area (Å²) in [5.41, 5.74) is 0. The van der Waals surface area contributed by atoms with Gasteiger partial charge in [0.1, 0.15) is 6.04 Å². The van der Waals surface area contributed by atoms with E-state index in [2.05, 4.69) is 5.32 Å². The topological polar surface area (TPSA) is 25.8 Å². The molecule has 0 aromatic carbocycles. The Balaban J connectivity index is 2.08. The zero-order valence-electron chi connectivity index (χ0n) is 6.10. The Morgan fingerprint density at radius 3 is 3.00 bits per heavy atom. The van der Waals surface area contributed by atoms with Gasteiger partial charge < -0.3 is 10.1 Å². The molecule has 0 aromatic rings. The minimum absolute atomic E-state index is 0.753. The zero-order valence-corrected chi connectivity index (χ0v) is 6.10. The van der Waals surface area contributed by atoms with Gasteiger partial charge in [-0.2, -0.15) is 0 Å². The number of quaternary nitrogens is 1. The van der Waals surface area contributed by atoms with Crippen molar-refractivity contribution in [1.29, 1.82) is 0 Å². The number of methoxy groups -OCH3 is 1. The second-order valence-corrected chi connectivity index (χ2v) is 2.74. The number of ether oxygens (including phenoxy) is 1. The van der Waals surface area contributed by atoms with E-state index < -0.39 is 0 Å². The van der Waals surface area contributed by atoms with Crippen molar-refractivity contribution in [2.24, 2.45) is 0 Å². The summed E-state index contributed by atoms with van der Waals surface area (Å²) in [6.45, 7) is 2.23. The molecule has 1 rings (SSSR count). The lowest BCUT2D eigenvalue weighted by atomic mass is 10.1. The molecule has 54 valence electrons. The molecule has 0 unspecified atom stereocenters. The minimum Gasteiger partial charge on any atom is -0.379 e. The van der Waals surface area contributed by atoms with Crippen molar-refractivity contribution >= 4 is 0 Å². The van der Waals surface area contributed by atoms with Gasteiger partial charge in [-0.15, -0.1) is 0 Å². The zero-order chi connectivity index (χ0) is 6.53. The van der Waals surface area contributed by atoms with Crippen LogP contribution in [0.2, 0.25) is 0 Å². The third-order valence-corrected chi connectivity index (χ3v) is 1.91. The maximum Gasteiger partial charge on any atom is 0.110 e. The molecular weight excluding hydrogens is 114 g/mol. The summed E-state index contributed by atoms with van der Waals surface area (Å²) in [7, 11) is 1.78. The number of piperidine rings is 1. The first-order chi connectivity index (χ1) is 4.43. The largest absolute Gasteiger partial charge is 0.379 e. The SMILES string of the molecule is COC[C@@H]1CCCC[NH2+]1. The Kier molecular flexibility index (Phi) is 3.01. The van der Waals surface area contributed by atoms with Crippen LogP contribution in [0.1, 0.15) is 19.3 Å². The molecule has 0 spiro atoms. The van der Waals surface area contributed by atoms with E-state index in [1.807, 2.05) is 0 Å². The average Bonchev–Trinajstić information content (AvgIpc) is 1.91. The number of hydrogen-bond donors (Lipinski definition) is 1. The van der Waals surface area contributed by atoms with Gasteiger partial charge in [0, 0.05) is 13.5 Å². The first-order valence-electron chi connectivity index (χ1n) is 3.76. The molecular formula is C7H16NO+. The molecule has 1 aliphatic rings. The lowest BCUT2D eigenvalue weighted by Gasteiger charge is -2.18. The molecule has 1 saturated heterocycles. The first kappa shape index (κ1) is 7.03. The van der Waals surface area contributed by atoms with E-state index in [-0.39, 0.29) is 0 Å². The molecule has 2 heteroatoms. The van der Waals surface area contributed by atoms with Crippen molar-refractivity contribution in [2.45, 2.75) is 25.3 Å². The molecule has 0 saturated carbocycles. The van der Waals surface area contributed by atoms with E-state index in [1.165, 1.54) is 25.8 Å². The standard InChI is InChI=1S/C7H15NO/c1-9-6-7-4-2-3-5-8-7/h7-8H,2-6H2,1H3/p+1/t7-/m0/s1. The predicted molar refractivity (Wildman–Crippen MR) is 36.3 cm³/mol. The van der Waals surface area contributed by atoms with Crippen LogP contribution in [0.25, 0.3) is 0 Å².